The minimum Gasteiger partial charge on any atom is -0.270 e. The van der Waals surface area contributed by atoms with Gasteiger partial charge in [-0.25, -0.2) is 0 Å². The summed E-state index contributed by atoms with van der Waals surface area (Å²) in [4.78, 5) is 0. The first-order chi connectivity index (χ1) is 4.84. The molecule has 0 bridgehead atoms. The summed E-state index contributed by atoms with van der Waals surface area (Å²) in [5, 5.41) is 4.11. The van der Waals surface area contributed by atoms with Crippen LogP contribution in [0.15, 0.2) is 12.3 Å². The van der Waals surface area contributed by atoms with Gasteiger partial charge in [-0.1, -0.05) is 13.3 Å². The van der Waals surface area contributed by atoms with Crippen molar-refractivity contribution in [1.29, 1.82) is 0 Å². The van der Waals surface area contributed by atoms with Crippen LogP contribution in [-0.2, 0) is 6.54 Å². The van der Waals surface area contributed by atoms with Crippen molar-refractivity contribution in [3.8, 4) is 0 Å². The van der Waals surface area contributed by atoms with Gasteiger partial charge in [0.25, 0.3) is 0 Å². The van der Waals surface area contributed by atoms with E-state index in [0.29, 0.717) is 0 Å². The zero-order chi connectivity index (χ0) is 7.40. The Morgan fingerprint density at radius 1 is 1.70 bits per heavy atom. The predicted octanol–water partition coefficient (Wildman–Crippen LogP) is 1.87. The first kappa shape index (κ1) is 7.32. The monoisotopic (exact) mass is 137 g/mol. The van der Waals surface area contributed by atoms with Crippen molar-refractivity contribution < 1.29 is 0 Å². The molecule has 55 valence electrons. The molecule has 0 saturated heterocycles. The molecule has 1 rings (SSSR count). The average molecular weight is 137 g/mol. The van der Waals surface area contributed by atoms with Gasteiger partial charge < -0.3 is 0 Å². The first-order valence-corrected chi connectivity index (χ1v) is 3.68. The van der Waals surface area contributed by atoms with Crippen LogP contribution < -0.4 is 0 Å². The largest absolute Gasteiger partial charge is 0.270 e. The Hall–Kier alpha value is -0.790. The Balaban J connectivity index is 2.49. The summed E-state index contributed by atoms with van der Waals surface area (Å²) >= 11 is 0. The Morgan fingerprint density at radius 2 is 2.50 bits per heavy atom. The lowest BCUT2D eigenvalue weighted by Gasteiger charge is -2.00. The van der Waals surface area contributed by atoms with E-state index in [-0.39, 0.29) is 0 Å². The number of unbranched alkanes of at least 4 members (excludes halogenated alkanes) is 1. The van der Waals surface area contributed by atoms with Gasteiger partial charge in [-0.15, -0.1) is 0 Å². The second-order valence-electron chi connectivity index (χ2n) is 2.40. The van der Waals surface area contributed by atoms with E-state index in [1.807, 2.05) is 10.7 Å². The standard InChI is InChI=1S/C8H13N2/c1-3-4-7-10-8(2)5-6-9-10/h5-6H,2-4,7H2,1H3. The molecule has 2 nitrogen and oxygen atoms in total. The molecule has 0 aliphatic rings. The van der Waals surface area contributed by atoms with Gasteiger partial charge in [0.1, 0.15) is 0 Å². The molecule has 1 aromatic rings. The van der Waals surface area contributed by atoms with Gasteiger partial charge in [-0.2, -0.15) is 5.10 Å². The first-order valence-electron chi connectivity index (χ1n) is 3.68. The van der Waals surface area contributed by atoms with E-state index in [9.17, 15) is 0 Å². The van der Waals surface area contributed by atoms with E-state index in [4.69, 9.17) is 0 Å². The molecule has 2 heteroatoms. The fourth-order valence-corrected chi connectivity index (χ4v) is 0.869. The van der Waals surface area contributed by atoms with Crippen LogP contribution in [0.4, 0.5) is 0 Å². The number of rotatable bonds is 3. The molecule has 0 fully saturated rings. The Morgan fingerprint density at radius 3 is 3.00 bits per heavy atom. The highest BCUT2D eigenvalue weighted by Crippen LogP contribution is 1.98. The van der Waals surface area contributed by atoms with E-state index in [1.165, 1.54) is 12.8 Å². The summed E-state index contributed by atoms with van der Waals surface area (Å²) in [6, 6.07) is 1.93. The Labute approximate surface area is 61.9 Å². The van der Waals surface area contributed by atoms with Gasteiger partial charge in [0, 0.05) is 18.4 Å². The fraction of sp³-hybridized carbons (Fsp3) is 0.500. The molecule has 0 aliphatic carbocycles. The third kappa shape index (κ3) is 1.59. The lowest BCUT2D eigenvalue weighted by molar-refractivity contribution is 0.565. The van der Waals surface area contributed by atoms with Crippen molar-refractivity contribution in [1.82, 2.24) is 9.78 Å². The molecule has 1 aromatic heterocycles. The topological polar surface area (TPSA) is 17.8 Å². The van der Waals surface area contributed by atoms with Crippen molar-refractivity contribution in [3.63, 3.8) is 0 Å². The number of nitrogens with zero attached hydrogens (tertiary/aromatic N) is 2. The van der Waals surface area contributed by atoms with Crippen LogP contribution in [0, 0.1) is 6.92 Å². The summed E-state index contributed by atoms with van der Waals surface area (Å²) in [6.07, 6.45) is 4.18. The number of hydrogen-bond donors (Lipinski definition) is 0. The van der Waals surface area contributed by atoms with E-state index >= 15 is 0 Å². The van der Waals surface area contributed by atoms with Crippen molar-refractivity contribution in [2.45, 2.75) is 26.3 Å². The minimum atomic E-state index is 1.00. The van der Waals surface area contributed by atoms with Gasteiger partial charge in [-0.3, -0.25) is 4.68 Å². The molecule has 10 heavy (non-hydrogen) atoms. The molecule has 0 aromatic carbocycles. The van der Waals surface area contributed by atoms with Gasteiger partial charge in [0.15, 0.2) is 0 Å². The van der Waals surface area contributed by atoms with Gasteiger partial charge >= 0.3 is 0 Å². The van der Waals surface area contributed by atoms with Crippen LogP contribution >= 0.6 is 0 Å². The van der Waals surface area contributed by atoms with E-state index in [1.54, 1.807) is 6.20 Å². The number of hydrogen-bond acceptors (Lipinski definition) is 1. The zero-order valence-electron chi connectivity index (χ0n) is 6.38. The molecule has 1 heterocycles. The molecule has 0 saturated carbocycles. The van der Waals surface area contributed by atoms with Crippen LogP contribution in [0.1, 0.15) is 25.5 Å². The normalized spacial score (nSPS) is 10.2. The summed E-state index contributed by atoms with van der Waals surface area (Å²) in [6.45, 7) is 7.01. The maximum Gasteiger partial charge on any atom is 0.0492 e. The maximum absolute atomic E-state index is 4.11. The molecule has 0 aliphatic heterocycles. The second kappa shape index (κ2) is 3.40. The average Bonchev–Trinajstić information content (AvgIpc) is 2.31. The van der Waals surface area contributed by atoms with Gasteiger partial charge in [0.05, 0.1) is 0 Å². The van der Waals surface area contributed by atoms with Crippen LogP contribution in [0.25, 0.3) is 0 Å². The minimum absolute atomic E-state index is 1.00. The van der Waals surface area contributed by atoms with Crippen LogP contribution in [-0.4, -0.2) is 9.78 Å². The lowest BCUT2D eigenvalue weighted by Crippen LogP contribution is -2.01. The lowest BCUT2D eigenvalue weighted by atomic mass is 10.3. The molecule has 0 spiro atoms. The highest BCUT2D eigenvalue weighted by atomic mass is 15.3. The second-order valence-corrected chi connectivity index (χ2v) is 2.40. The van der Waals surface area contributed by atoms with E-state index in [0.717, 1.165) is 12.2 Å². The molecule has 0 atom stereocenters. The summed E-state index contributed by atoms with van der Waals surface area (Å²) in [5.41, 5.74) is 1.01. The highest BCUT2D eigenvalue weighted by molar-refractivity contribution is 5.03. The molecule has 0 unspecified atom stereocenters. The van der Waals surface area contributed by atoms with Crippen molar-refractivity contribution in [3.05, 3.63) is 24.9 Å². The van der Waals surface area contributed by atoms with Crippen molar-refractivity contribution >= 4 is 0 Å². The number of aryl methyl sites for hydroxylation is 1. The third-order valence-corrected chi connectivity index (χ3v) is 1.53. The maximum atomic E-state index is 4.11. The van der Waals surface area contributed by atoms with Crippen LogP contribution in [0.3, 0.4) is 0 Å². The molecule has 1 radical (unpaired) electrons. The van der Waals surface area contributed by atoms with E-state index < -0.39 is 0 Å². The molecule has 0 amide bonds. The van der Waals surface area contributed by atoms with Gasteiger partial charge in [-0.05, 0) is 19.4 Å². The SMILES string of the molecule is [CH2]c1ccnn1CCCC. The third-order valence-electron chi connectivity index (χ3n) is 1.53. The quantitative estimate of drug-likeness (QED) is 0.621. The molecule has 0 N–H and O–H groups in total. The summed E-state index contributed by atoms with van der Waals surface area (Å²) < 4.78 is 1.93. The summed E-state index contributed by atoms with van der Waals surface area (Å²) in [7, 11) is 0. The Kier molecular flexibility index (Phi) is 2.49. The van der Waals surface area contributed by atoms with Crippen LogP contribution in [0.5, 0.6) is 0 Å². The van der Waals surface area contributed by atoms with Crippen molar-refractivity contribution in [2.24, 2.45) is 0 Å². The van der Waals surface area contributed by atoms with Crippen molar-refractivity contribution in [2.75, 3.05) is 0 Å². The summed E-state index contributed by atoms with van der Waals surface area (Å²) in [5.74, 6) is 0. The predicted molar refractivity (Wildman–Crippen MR) is 41.6 cm³/mol. The van der Waals surface area contributed by atoms with E-state index in [2.05, 4.69) is 18.9 Å². The molecular formula is C8H13N2. The Bertz CT molecular complexity index is 191. The number of aromatic nitrogens is 2. The smallest absolute Gasteiger partial charge is 0.0492 e. The zero-order valence-corrected chi connectivity index (χ0v) is 6.38. The van der Waals surface area contributed by atoms with Crippen LogP contribution in [0.2, 0.25) is 0 Å². The van der Waals surface area contributed by atoms with Gasteiger partial charge in [0.2, 0.25) is 0 Å². The molecular weight excluding hydrogens is 124 g/mol. The highest BCUT2D eigenvalue weighted by Gasteiger charge is 1.93. The fourth-order valence-electron chi connectivity index (χ4n) is 0.869.